The Morgan fingerprint density at radius 1 is 0.938 bits per heavy atom. The lowest BCUT2D eigenvalue weighted by atomic mass is 9.53. The van der Waals surface area contributed by atoms with Crippen LogP contribution in [-0.4, -0.2) is 54.5 Å². The molecule has 2 saturated heterocycles. The Labute approximate surface area is 192 Å². The monoisotopic (exact) mass is 435 g/mol. The van der Waals surface area contributed by atoms with E-state index < -0.39 is 5.41 Å². The molecule has 2 aliphatic heterocycles. The molecule has 6 aliphatic rings. The number of amides is 1. The second kappa shape index (κ2) is 7.39. The van der Waals surface area contributed by atoms with Gasteiger partial charge in [-0.05, 0) is 89.2 Å². The Morgan fingerprint density at radius 3 is 2.06 bits per heavy atom. The van der Waals surface area contributed by atoms with Gasteiger partial charge in [0.15, 0.2) is 0 Å². The number of anilines is 1. The van der Waals surface area contributed by atoms with Gasteiger partial charge in [0.1, 0.15) is 5.84 Å². The molecule has 0 N–H and O–H groups in total. The van der Waals surface area contributed by atoms with Crippen molar-refractivity contribution in [2.75, 3.05) is 31.2 Å². The van der Waals surface area contributed by atoms with E-state index in [1.165, 1.54) is 44.1 Å². The first-order valence-corrected chi connectivity index (χ1v) is 12.7. The van der Waals surface area contributed by atoms with E-state index in [4.69, 9.17) is 9.73 Å². The zero-order valence-electron chi connectivity index (χ0n) is 19.8. The van der Waals surface area contributed by atoms with Crippen LogP contribution in [0.3, 0.4) is 0 Å². The van der Waals surface area contributed by atoms with Crippen molar-refractivity contribution in [3.63, 3.8) is 0 Å². The summed E-state index contributed by atoms with van der Waals surface area (Å²) in [6.45, 7) is 9.54. The molecule has 5 nitrogen and oxygen atoms in total. The largest absolute Gasteiger partial charge is 0.379 e. The molecule has 4 bridgehead atoms. The number of carbonyl (C=O) groups excluding carboxylic acids is 1. The second-order valence-electron chi connectivity index (χ2n) is 11.9. The van der Waals surface area contributed by atoms with E-state index in [1.54, 1.807) is 0 Å². The molecular weight excluding hydrogens is 398 g/mol. The van der Waals surface area contributed by atoms with Crippen LogP contribution in [0.15, 0.2) is 29.3 Å². The van der Waals surface area contributed by atoms with Crippen molar-refractivity contribution in [3.05, 3.63) is 29.8 Å². The number of amidine groups is 1. The first-order valence-electron chi connectivity index (χ1n) is 12.7. The summed E-state index contributed by atoms with van der Waals surface area (Å²) in [5.74, 6) is 3.70. The number of nitrogens with zero attached hydrogens (tertiary/aromatic N) is 3. The number of rotatable bonds is 3. The standard InChI is InChI=1S/C27H37N3O2/c1-18-4-6-22(7-5-18)30-24(23(26(2,3)25(30)31)29-8-10-32-11-9-29)28-27-15-19-12-20(16-27)14-21(13-19)17-27/h4-7,19-21,23H,8-17H2,1-3H3/t19?,20?,21?,23-,27?/m0/s1. The van der Waals surface area contributed by atoms with Crippen molar-refractivity contribution in [1.82, 2.24) is 4.90 Å². The van der Waals surface area contributed by atoms with E-state index in [2.05, 4.69) is 49.9 Å². The van der Waals surface area contributed by atoms with Crippen LogP contribution in [0.4, 0.5) is 5.69 Å². The number of benzene rings is 1. The lowest BCUT2D eigenvalue weighted by Crippen LogP contribution is -2.54. The number of hydrogen-bond donors (Lipinski definition) is 0. The fraction of sp³-hybridized carbons (Fsp3) is 0.704. The van der Waals surface area contributed by atoms with Crippen molar-refractivity contribution >= 4 is 17.4 Å². The van der Waals surface area contributed by atoms with Crippen molar-refractivity contribution in [2.24, 2.45) is 28.2 Å². The van der Waals surface area contributed by atoms with Crippen molar-refractivity contribution < 1.29 is 9.53 Å². The Hall–Kier alpha value is -1.72. The van der Waals surface area contributed by atoms with Gasteiger partial charge >= 0.3 is 0 Å². The fourth-order valence-corrected chi connectivity index (χ4v) is 7.91. The van der Waals surface area contributed by atoms with Crippen LogP contribution in [-0.2, 0) is 9.53 Å². The summed E-state index contributed by atoms with van der Waals surface area (Å²) in [6, 6.07) is 8.42. The van der Waals surface area contributed by atoms with Crippen LogP contribution < -0.4 is 4.90 Å². The first kappa shape index (κ1) is 20.9. The number of aryl methyl sites for hydroxylation is 1. The minimum Gasteiger partial charge on any atom is -0.379 e. The van der Waals surface area contributed by atoms with Crippen LogP contribution in [0.25, 0.3) is 0 Å². The summed E-state index contributed by atoms with van der Waals surface area (Å²) < 4.78 is 5.67. The fourth-order valence-electron chi connectivity index (χ4n) is 7.91. The van der Waals surface area contributed by atoms with Crippen LogP contribution in [0, 0.1) is 30.1 Å². The van der Waals surface area contributed by atoms with E-state index in [0.29, 0.717) is 0 Å². The van der Waals surface area contributed by atoms with Crippen LogP contribution in [0.2, 0.25) is 0 Å². The van der Waals surface area contributed by atoms with E-state index >= 15 is 0 Å². The van der Waals surface area contributed by atoms with Crippen molar-refractivity contribution in [2.45, 2.75) is 70.9 Å². The number of ether oxygens (including phenoxy) is 1. The van der Waals surface area contributed by atoms with Gasteiger partial charge in [0.05, 0.1) is 35.9 Å². The molecule has 0 aromatic heterocycles. The molecule has 6 fully saturated rings. The summed E-state index contributed by atoms with van der Waals surface area (Å²) in [6.07, 6.45) is 7.87. The van der Waals surface area contributed by atoms with Crippen LogP contribution in [0.1, 0.15) is 57.9 Å². The Morgan fingerprint density at radius 2 is 1.50 bits per heavy atom. The number of hydrogen-bond acceptors (Lipinski definition) is 4. The molecule has 0 spiro atoms. The molecule has 4 aliphatic carbocycles. The zero-order chi connectivity index (χ0) is 22.1. The zero-order valence-corrected chi connectivity index (χ0v) is 19.8. The minimum absolute atomic E-state index is 0.00760. The molecular formula is C27H37N3O2. The smallest absolute Gasteiger partial charge is 0.240 e. The minimum atomic E-state index is -0.511. The van der Waals surface area contributed by atoms with Crippen LogP contribution in [0.5, 0.6) is 0 Å². The Balaban J connectivity index is 1.47. The van der Waals surface area contributed by atoms with Gasteiger partial charge in [0, 0.05) is 13.1 Å². The van der Waals surface area contributed by atoms with E-state index in [1.807, 2.05) is 4.90 Å². The van der Waals surface area contributed by atoms with Gasteiger partial charge in [0.2, 0.25) is 5.91 Å². The first-order chi connectivity index (χ1) is 15.3. The summed E-state index contributed by atoms with van der Waals surface area (Å²) in [7, 11) is 0. The SMILES string of the molecule is Cc1ccc(N2C(=O)C(C)(C)[C@@H](N3CCOCC3)C2=NC23CC4CC(CC(C4)C2)C3)cc1. The molecule has 4 saturated carbocycles. The molecule has 32 heavy (non-hydrogen) atoms. The number of aliphatic imine (C=N–C) groups is 1. The molecule has 5 heteroatoms. The highest BCUT2D eigenvalue weighted by Crippen LogP contribution is 2.58. The van der Waals surface area contributed by atoms with Gasteiger partial charge in [-0.1, -0.05) is 17.7 Å². The van der Waals surface area contributed by atoms with Gasteiger partial charge in [-0.3, -0.25) is 19.6 Å². The lowest BCUT2D eigenvalue weighted by molar-refractivity contribution is -0.126. The average molecular weight is 436 g/mol. The van der Waals surface area contributed by atoms with Gasteiger partial charge in [-0.15, -0.1) is 0 Å². The predicted octanol–water partition coefficient (Wildman–Crippen LogP) is 4.44. The molecule has 1 atom stereocenters. The van der Waals surface area contributed by atoms with Gasteiger partial charge in [-0.25, -0.2) is 0 Å². The maximum absolute atomic E-state index is 13.9. The maximum Gasteiger partial charge on any atom is 0.240 e. The van der Waals surface area contributed by atoms with Crippen LogP contribution >= 0.6 is 0 Å². The third-order valence-electron chi connectivity index (χ3n) is 8.97. The summed E-state index contributed by atoms with van der Waals surface area (Å²) in [5.41, 5.74) is 1.71. The highest BCUT2D eigenvalue weighted by Gasteiger charge is 2.57. The number of carbonyl (C=O) groups is 1. The maximum atomic E-state index is 13.9. The van der Waals surface area contributed by atoms with Crippen molar-refractivity contribution in [1.29, 1.82) is 0 Å². The third kappa shape index (κ3) is 3.27. The van der Waals surface area contributed by atoms with E-state index in [9.17, 15) is 4.79 Å². The van der Waals surface area contributed by atoms with Crippen molar-refractivity contribution in [3.8, 4) is 0 Å². The average Bonchev–Trinajstić information content (AvgIpc) is 2.93. The Bertz CT molecular complexity index is 893. The second-order valence-corrected chi connectivity index (χ2v) is 11.9. The highest BCUT2D eigenvalue weighted by atomic mass is 16.5. The molecule has 7 rings (SSSR count). The summed E-state index contributed by atoms with van der Waals surface area (Å²) in [4.78, 5) is 24.1. The lowest BCUT2D eigenvalue weighted by Gasteiger charge is -2.55. The molecule has 2 heterocycles. The highest BCUT2D eigenvalue weighted by molar-refractivity contribution is 6.27. The third-order valence-corrected chi connectivity index (χ3v) is 8.97. The van der Waals surface area contributed by atoms with E-state index in [-0.39, 0.29) is 17.5 Å². The topological polar surface area (TPSA) is 45.1 Å². The molecule has 0 radical (unpaired) electrons. The summed E-state index contributed by atoms with van der Waals surface area (Å²) in [5, 5.41) is 0. The number of morpholine rings is 1. The molecule has 172 valence electrons. The quantitative estimate of drug-likeness (QED) is 0.705. The molecule has 1 aromatic carbocycles. The molecule has 0 unspecified atom stereocenters. The molecule has 1 amide bonds. The van der Waals surface area contributed by atoms with E-state index in [0.717, 1.165) is 55.6 Å². The van der Waals surface area contributed by atoms with Gasteiger partial charge in [-0.2, -0.15) is 0 Å². The normalized spacial score (nSPS) is 39.9. The summed E-state index contributed by atoms with van der Waals surface area (Å²) >= 11 is 0. The predicted molar refractivity (Wildman–Crippen MR) is 127 cm³/mol. The van der Waals surface area contributed by atoms with Gasteiger partial charge in [0.25, 0.3) is 0 Å². The molecule has 1 aromatic rings. The van der Waals surface area contributed by atoms with Gasteiger partial charge < -0.3 is 4.74 Å². The Kier molecular flexibility index (Phi) is 4.82.